The van der Waals surface area contributed by atoms with Gasteiger partial charge in [-0.25, -0.2) is 0 Å². The monoisotopic (exact) mass is 767 g/mol. The minimum Gasteiger partial charge on any atom is -0.455 e. The largest absolute Gasteiger partial charge is 0.455 e. The number of para-hydroxylation sites is 1. The lowest BCUT2D eigenvalue weighted by molar-refractivity contribution is 0.389. The maximum Gasteiger partial charge on any atom is 0.178 e. The van der Waals surface area contributed by atoms with Crippen LogP contribution in [0.4, 0.5) is 17.1 Å². The number of nitrogens with zero attached hydrogens (tertiary/aromatic N) is 1. The van der Waals surface area contributed by atoms with E-state index in [0.717, 1.165) is 56.4 Å². The quantitative estimate of drug-likeness (QED) is 0.168. The molecule has 60 heavy (non-hydrogen) atoms. The number of rotatable bonds is 6. The lowest BCUT2D eigenvalue weighted by Gasteiger charge is -2.36. The molecule has 12 rings (SSSR count). The third kappa shape index (κ3) is 5.23. The Morgan fingerprint density at radius 2 is 0.767 bits per heavy atom. The van der Waals surface area contributed by atoms with Gasteiger partial charge in [-0.3, -0.25) is 0 Å². The molecule has 1 aliphatic carbocycles. The highest BCUT2D eigenvalue weighted by atomic mass is 16.5. The summed E-state index contributed by atoms with van der Waals surface area (Å²) in [5, 5.41) is 0.943. The van der Waals surface area contributed by atoms with E-state index in [2.05, 4.69) is 229 Å². The molecule has 282 valence electrons. The zero-order chi connectivity index (χ0) is 39.6. The van der Waals surface area contributed by atoms with Crippen LogP contribution in [0.5, 0.6) is 11.5 Å². The zero-order valence-electron chi connectivity index (χ0n) is 32.6. The van der Waals surface area contributed by atoms with E-state index in [1.54, 1.807) is 0 Å². The second-order valence-electron chi connectivity index (χ2n) is 15.6. The van der Waals surface area contributed by atoms with E-state index in [1.807, 2.05) is 0 Å². The lowest BCUT2D eigenvalue weighted by Crippen LogP contribution is -2.31. The van der Waals surface area contributed by atoms with Gasteiger partial charge >= 0.3 is 0 Å². The first kappa shape index (κ1) is 34.2. The molecule has 1 aromatic heterocycles. The van der Waals surface area contributed by atoms with Gasteiger partial charge in [0.15, 0.2) is 11.5 Å². The fraction of sp³-hybridized carbons (Fsp3) is 0.0175. The summed E-state index contributed by atoms with van der Waals surface area (Å²) in [6, 6.07) is 80.0. The predicted molar refractivity (Wildman–Crippen MR) is 245 cm³/mol. The number of furan rings is 1. The summed E-state index contributed by atoms with van der Waals surface area (Å²) in [5.41, 5.74) is 16.2. The van der Waals surface area contributed by atoms with E-state index in [9.17, 15) is 0 Å². The predicted octanol–water partition coefficient (Wildman–Crippen LogP) is 15.4. The smallest absolute Gasteiger partial charge is 0.178 e. The summed E-state index contributed by atoms with van der Waals surface area (Å²) in [4.78, 5) is 2.31. The average molecular weight is 768 g/mol. The molecule has 2 aliphatic rings. The molecule has 0 saturated heterocycles. The summed E-state index contributed by atoms with van der Waals surface area (Å²) in [6.07, 6.45) is 0. The number of hydrogen-bond donors (Lipinski definition) is 0. The Hall–Kier alpha value is -7.88. The van der Waals surface area contributed by atoms with Gasteiger partial charge in [-0.05, 0) is 98.1 Å². The van der Waals surface area contributed by atoms with Crippen LogP contribution in [-0.4, -0.2) is 0 Å². The van der Waals surface area contributed by atoms with Gasteiger partial charge in [0.25, 0.3) is 0 Å². The molecule has 0 amide bonds. The van der Waals surface area contributed by atoms with E-state index in [-0.39, 0.29) is 0 Å². The Balaban J connectivity index is 0.995. The van der Waals surface area contributed by atoms with Gasteiger partial charge < -0.3 is 14.1 Å². The third-order valence-electron chi connectivity index (χ3n) is 12.4. The van der Waals surface area contributed by atoms with Crippen molar-refractivity contribution in [3.05, 3.63) is 247 Å². The van der Waals surface area contributed by atoms with Crippen LogP contribution in [0, 0.1) is 0 Å². The standard InChI is InChI=1S/C57H37NO2/c1-3-13-38(14-4-1)40-23-25-41(26-24-40)43-29-33-45(34-30-43)58(44-31-27-42(28-32-44)39-15-5-2-6-16-39)46-35-36-49-54(37-46)60-56-55(49)59-53-22-12-11-21-52(53)57(56)50-19-9-7-17-47(50)48-18-8-10-20-51(48)57/h1-37H. The first-order chi connectivity index (χ1) is 29.7. The van der Waals surface area contributed by atoms with Crippen LogP contribution >= 0.6 is 0 Å². The number of fused-ring (bicyclic) bond motifs is 11. The molecule has 10 aromatic rings. The molecule has 3 heteroatoms. The summed E-state index contributed by atoms with van der Waals surface area (Å²) >= 11 is 0. The SMILES string of the molecule is c1ccc(-c2ccc(-c3ccc(N(c4ccc(-c5ccccc5)cc4)c4ccc5c6c(oc5c4)C4(c5ccccc5O6)c5ccccc5-c5ccccc54)cc3)cc2)cc1. The molecule has 3 nitrogen and oxygen atoms in total. The third-order valence-corrected chi connectivity index (χ3v) is 12.4. The molecule has 0 radical (unpaired) electrons. The van der Waals surface area contributed by atoms with Crippen LogP contribution in [0.2, 0.25) is 0 Å². The van der Waals surface area contributed by atoms with E-state index in [1.165, 1.54) is 50.1 Å². The van der Waals surface area contributed by atoms with Gasteiger partial charge in [0.05, 0.1) is 5.39 Å². The van der Waals surface area contributed by atoms with Crippen molar-refractivity contribution < 1.29 is 9.15 Å². The molecule has 0 N–H and O–H groups in total. The normalized spacial score (nSPS) is 12.9. The maximum absolute atomic E-state index is 7.21. The highest BCUT2D eigenvalue weighted by Crippen LogP contribution is 2.63. The van der Waals surface area contributed by atoms with Gasteiger partial charge in [0.2, 0.25) is 0 Å². The van der Waals surface area contributed by atoms with Crippen molar-refractivity contribution in [2.75, 3.05) is 4.90 Å². The van der Waals surface area contributed by atoms with Crippen LogP contribution < -0.4 is 9.64 Å². The number of anilines is 3. The van der Waals surface area contributed by atoms with Crippen molar-refractivity contribution in [3.63, 3.8) is 0 Å². The fourth-order valence-electron chi connectivity index (χ4n) is 9.59. The summed E-state index contributed by atoms with van der Waals surface area (Å²) in [5.74, 6) is 2.42. The number of ether oxygens (including phenoxy) is 1. The highest BCUT2D eigenvalue weighted by molar-refractivity contribution is 5.96. The maximum atomic E-state index is 7.21. The first-order valence-electron chi connectivity index (χ1n) is 20.5. The minimum absolute atomic E-state index is 0.668. The lowest BCUT2D eigenvalue weighted by atomic mass is 9.69. The highest BCUT2D eigenvalue weighted by Gasteiger charge is 2.54. The van der Waals surface area contributed by atoms with Gasteiger partial charge in [-0.1, -0.05) is 176 Å². The molecule has 0 atom stereocenters. The molecule has 1 aliphatic heterocycles. The van der Waals surface area contributed by atoms with Crippen LogP contribution in [0.3, 0.4) is 0 Å². The van der Waals surface area contributed by atoms with Gasteiger partial charge in [-0.15, -0.1) is 0 Å². The molecular weight excluding hydrogens is 731 g/mol. The van der Waals surface area contributed by atoms with Crippen LogP contribution in [0.1, 0.15) is 22.5 Å². The Labute approximate surface area is 349 Å². The molecule has 0 saturated carbocycles. The molecule has 1 spiro atoms. The Morgan fingerprint density at radius 1 is 0.350 bits per heavy atom. The van der Waals surface area contributed by atoms with Crippen LogP contribution in [0.15, 0.2) is 229 Å². The van der Waals surface area contributed by atoms with Gasteiger partial charge in [-0.2, -0.15) is 0 Å². The summed E-state index contributed by atoms with van der Waals surface area (Å²) in [6.45, 7) is 0. The molecule has 0 unspecified atom stereocenters. The molecule has 0 fully saturated rings. The van der Waals surface area contributed by atoms with Crippen molar-refractivity contribution in [2.24, 2.45) is 0 Å². The molecular formula is C57H37NO2. The van der Waals surface area contributed by atoms with E-state index in [4.69, 9.17) is 9.15 Å². The van der Waals surface area contributed by atoms with Crippen molar-refractivity contribution in [1.82, 2.24) is 0 Å². The second-order valence-corrected chi connectivity index (χ2v) is 15.6. The number of hydrogen-bond acceptors (Lipinski definition) is 3. The topological polar surface area (TPSA) is 25.6 Å². The molecule has 2 heterocycles. The van der Waals surface area contributed by atoms with E-state index < -0.39 is 5.41 Å². The van der Waals surface area contributed by atoms with Crippen molar-refractivity contribution >= 4 is 28.0 Å². The Kier molecular flexibility index (Phi) is 7.76. The van der Waals surface area contributed by atoms with Gasteiger partial charge in [0.1, 0.15) is 16.7 Å². The van der Waals surface area contributed by atoms with Crippen LogP contribution in [-0.2, 0) is 5.41 Å². The van der Waals surface area contributed by atoms with E-state index >= 15 is 0 Å². The van der Waals surface area contributed by atoms with Crippen LogP contribution in [0.25, 0.3) is 55.5 Å². The van der Waals surface area contributed by atoms with Gasteiger partial charge in [0, 0.05) is 28.7 Å². The first-order valence-corrected chi connectivity index (χ1v) is 20.5. The molecule has 9 aromatic carbocycles. The minimum atomic E-state index is -0.668. The molecule has 0 bridgehead atoms. The fourth-order valence-corrected chi connectivity index (χ4v) is 9.59. The Morgan fingerprint density at radius 3 is 1.30 bits per heavy atom. The van der Waals surface area contributed by atoms with Crippen molar-refractivity contribution in [1.29, 1.82) is 0 Å². The van der Waals surface area contributed by atoms with Crippen molar-refractivity contribution in [2.45, 2.75) is 5.41 Å². The van der Waals surface area contributed by atoms with E-state index in [0.29, 0.717) is 0 Å². The Bertz CT molecular complexity index is 3160. The summed E-state index contributed by atoms with van der Waals surface area (Å²) < 4.78 is 14.1. The second kappa shape index (κ2) is 13.6. The van der Waals surface area contributed by atoms with Crippen molar-refractivity contribution in [3.8, 4) is 56.0 Å². The average Bonchev–Trinajstić information content (AvgIpc) is 3.84. The summed E-state index contributed by atoms with van der Waals surface area (Å²) in [7, 11) is 0. The number of benzene rings is 9. The zero-order valence-corrected chi connectivity index (χ0v) is 32.6.